The van der Waals surface area contributed by atoms with Crippen molar-refractivity contribution in [2.24, 2.45) is 5.73 Å². The minimum Gasteiger partial charge on any atom is -0.382 e. The highest BCUT2D eigenvalue weighted by molar-refractivity contribution is 6.32. The molecule has 0 aliphatic carbocycles. The smallest absolute Gasteiger partial charge is 0.382 e. The Morgan fingerprint density at radius 2 is 1.63 bits per heavy atom. The molecule has 2 heterocycles. The minimum absolute atomic E-state index is 0.154. The quantitative estimate of drug-likeness (QED) is 0.241. The number of aliphatic hydroxyl groups excluding tert-OH is 1. The van der Waals surface area contributed by atoms with E-state index in [1.165, 1.54) is 36.4 Å². The van der Waals surface area contributed by atoms with Crippen LogP contribution in [0.4, 0.5) is 32.3 Å². The standard InChI is InChI=1S/C23H20Cl2F6N8O2/c24-13-7-5-12(6-8-13)19-36-38(21(41)37(19)10-17(40)23(29,30)31)11-18-34-20(33-9-16(32)22(26,27)28)39(35-18)15-4-2-1-3-14(15)25/h1-8,16-17,40H,9-11,32H2,(H,33,34,35). The van der Waals surface area contributed by atoms with Gasteiger partial charge in [-0.1, -0.05) is 35.3 Å². The minimum atomic E-state index is -5.02. The van der Waals surface area contributed by atoms with E-state index in [-0.39, 0.29) is 33.9 Å². The van der Waals surface area contributed by atoms with Crippen molar-refractivity contribution < 1.29 is 31.4 Å². The summed E-state index contributed by atoms with van der Waals surface area (Å²) in [5, 5.41) is 20.9. The first kappa shape index (κ1) is 30.4. The highest BCUT2D eigenvalue weighted by Gasteiger charge is 2.39. The molecule has 18 heteroatoms. The number of rotatable bonds is 9. The molecule has 0 bridgehead atoms. The molecule has 4 rings (SSSR count). The SMILES string of the molecule is NC(CNc1nc(Cn2nc(-c3ccc(Cl)cc3)n(CC(O)C(F)(F)F)c2=O)nn1-c1ccccc1Cl)C(F)(F)F. The maximum atomic E-state index is 13.2. The molecule has 0 amide bonds. The van der Waals surface area contributed by atoms with Gasteiger partial charge in [0.25, 0.3) is 0 Å². The van der Waals surface area contributed by atoms with Gasteiger partial charge in [-0.25, -0.2) is 9.48 Å². The highest BCUT2D eigenvalue weighted by atomic mass is 35.5. The van der Waals surface area contributed by atoms with Crippen LogP contribution in [0.1, 0.15) is 5.82 Å². The van der Waals surface area contributed by atoms with Gasteiger partial charge in [-0.3, -0.25) is 4.57 Å². The molecule has 41 heavy (non-hydrogen) atoms. The third kappa shape index (κ3) is 7.01. The largest absolute Gasteiger partial charge is 0.416 e. The van der Waals surface area contributed by atoms with Gasteiger partial charge in [0.2, 0.25) is 5.95 Å². The Morgan fingerprint density at radius 3 is 2.24 bits per heavy atom. The molecule has 2 aromatic carbocycles. The summed E-state index contributed by atoms with van der Waals surface area (Å²) in [4.78, 5) is 17.3. The summed E-state index contributed by atoms with van der Waals surface area (Å²) in [5.74, 6) is -0.570. The molecule has 0 spiro atoms. The van der Waals surface area contributed by atoms with Crippen LogP contribution in [0.5, 0.6) is 0 Å². The fourth-order valence-corrected chi connectivity index (χ4v) is 3.92. The van der Waals surface area contributed by atoms with E-state index in [9.17, 15) is 36.2 Å². The number of aliphatic hydroxyl groups is 1. The van der Waals surface area contributed by atoms with Crippen molar-refractivity contribution >= 4 is 29.2 Å². The molecule has 4 N–H and O–H groups in total. The van der Waals surface area contributed by atoms with Crippen LogP contribution in [0.25, 0.3) is 17.1 Å². The first-order valence-corrected chi connectivity index (χ1v) is 12.4. The number of aromatic nitrogens is 6. The van der Waals surface area contributed by atoms with Gasteiger partial charge < -0.3 is 16.2 Å². The Hall–Kier alpha value is -3.60. The lowest BCUT2D eigenvalue weighted by Crippen LogP contribution is -2.43. The Kier molecular flexibility index (Phi) is 8.67. The van der Waals surface area contributed by atoms with Gasteiger partial charge in [0.1, 0.15) is 12.6 Å². The van der Waals surface area contributed by atoms with E-state index in [1.807, 2.05) is 0 Å². The first-order valence-electron chi connectivity index (χ1n) is 11.6. The number of hydrogen-bond acceptors (Lipinski definition) is 7. The van der Waals surface area contributed by atoms with E-state index in [1.54, 1.807) is 12.1 Å². The topological polar surface area (TPSA) is 129 Å². The Bertz CT molecular complexity index is 1570. The van der Waals surface area contributed by atoms with Crippen molar-refractivity contribution in [1.29, 1.82) is 0 Å². The Balaban J connectivity index is 1.74. The third-order valence-corrected chi connectivity index (χ3v) is 6.25. The summed E-state index contributed by atoms with van der Waals surface area (Å²) in [6, 6.07) is 9.65. The van der Waals surface area contributed by atoms with Crippen molar-refractivity contribution in [1.82, 2.24) is 29.1 Å². The fraction of sp³-hybridized carbons (Fsp3) is 0.304. The number of nitrogens with two attached hydrogens (primary N) is 1. The normalized spacial score (nSPS) is 13.8. The summed E-state index contributed by atoms with van der Waals surface area (Å²) >= 11 is 12.1. The van der Waals surface area contributed by atoms with Crippen LogP contribution >= 0.6 is 23.2 Å². The van der Waals surface area contributed by atoms with Crippen molar-refractivity contribution in [2.45, 2.75) is 37.6 Å². The first-order chi connectivity index (χ1) is 19.1. The fourth-order valence-electron chi connectivity index (χ4n) is 3.58. The molecule has 220 valence electrons. The predicted octanol–water partition coefficient (Wildman–Crippen LogP) is 3.87. The van der Waals surface area contributed by atoms with Gasteiger partial charge in [0.15, 0.2) is 17.8 Å². The van der Waals surface area contributed by atoms with Crippen LogP contribution in [-0.4, -0.2) is 65.3 Å². The summed E-state index contributed by atoms with van der Waals surface area (Å²) in [7, 11) is 0. The zero-order valence-electron chi connectivity index (χ0n) is 20.5. The molecular weight excluding hydrogens is 605 g/mol. The monoisotopic (exact) mass is 624 g/mol. The lowest BCUT2D eigenvalue weighted by molar-refractivity contribution is -0.207. The lowest BCUT2D eigenvalue weighted by atomic mass is 10.2. The lowest BCUT2D eigenvalue weighted by Gasteiger charge is -2.16. The number of hydrogen-bond donors (Lipinski definition) is 3. The van der Waals surface area contributed by atoms with E-state index in [0.717, 1.165) is 9.36 Å². The van der Waals surface area contributed by atoms with Gasteiger partial charge in [-0.2, -0.15) is 36.0 Å². The van der Waals surface area contributed by atoms with Crippen LogP contribution in [0.3, 0.4) is 0 Å². The molecule has 10 nitrogen and oxygen atoms in total. The second-order valence-electron chi connectivity index (χ2n) is 8.68. The maximum absolute atomic E-state index is 13.2. The van der Waals surface area contributed by atoms with Gasteiger partial charge in [0.05, 0.1) is 17.3 Å². The van der Waals surface area contributed by atoms with E-state index >= 15 is 0 Å². The van der Waals surface area contributed by atoms with Gasteiger partial charge in [-0.15, -0.1) is 10.2 Å². The predicted molar refractivity (Wildman–Crippen MR) is 137 cm³/mol. The number of anilines is 1. The number of alkyl halides is 6. The number of nitrogens with one attached hydrogen (secondary N) is 1. The van der Waals surface area contributed by atoms with E-state index in [4.69, 9.17) is 28.9 Å². The second-order valence-corrected chi connectivity index (χ2v) is 9.53. The van der Waals surface area contributed by atoms with Crippen molar-refractivity contribution in [3.8, 4) is 17.1 Å². The number of nitrogens with zero attached hydrogens (tertiary/aromatic N) is 6. The van der Waals surface area contributed by atoms with E-state index in [0.29, 0.717) is 9.59 Å². The van der Waals surface area contributed by atoms with Crippen molar-refractivity contribution in [2.75, 3.05) is 11.9 Å². The zero-order chi connectivity index (χ0) is 30.1. The number of benzene rings is 2. The summed E-state index contributed by atoms with van der Waals surface area (Å²) in [5.41, 5.74) is 4.59. The van der Waals surface area contributed by atoms with Gasteiger partial charge in [-0.05, 0) is 36.4 Å². The van der Waals surface area contributed by atoms with E-state index in [2.05, 4.69) is 20.5 Å². The summed E-state index contributed by atoms with van der Waals surface area (Å²) in [6.45, 7) is -2.45. The molecule has 0 aliphatic heterocycles. The maximum Gasteiger partial charge on any atom is 0.416 e. The average Bonchev–Trinajstić information content (AvgIpc) is 3.43. The van der Waals surface area contributed by atoms with E-state index < -0.39 is 49.8 Å². The van der Waals surface area contributed by atoms with Crippen LogP contribution in [-0.2, 0) is 13.1 Å². The average molecular weight is 625 g/mol. The molecule has 0 aliphatic rings. The molecule has 2 aromatic heterocycles. The molecule has 2 atom stereocenters. The Morgan fingerprint density at radius 1 is 0.976 bits per heavy atom. The van der Waals surface area contributed by atoms with Crippen LogP contribution in [0.15, 0.2) is 53.3 Å². The molecule has 0 fully saturated rings. The number of halogens is 8. The van der Waals surface area contributed by atoms with Gasteiger partial charge >= 0.3 is 18.0 Å². The van der Waals surface area contributed by atoms with Crippen LogP contribution < -0.4 is 16.7 Å². The summed E-state index contributed by atoms with van der Waals surface area (Å²) < 4.78 is 80.8. The molecular formula is C23H20Cl2F6N8O2. The van der Waals surface area contributed by atoms with Crippen LogP contribution in [0, 0.1) is 0 Å². The molecule has 0 radical (unpaired) electrons. The molecule has 4 aromatic rings. The van der Waals surface area contributed by atoms with Crippen molar-refractivity contribution in [3.05, 3.63) is 74.9 Å². The Labute approximate surface area is 236 Å². The second kappa shape index (κ2) is 11.7. The van der Waals surface area contributed by atoms with Crippen molar-refractivity contribution in [3.63, 3.8) is 0 Å². The molecule has 0 saturated carbocycles. The van der Waals surface area contributed by atoms with Crippen LogP contribution in [0.2, 0.25) is 10.0 Å². The molecule has 2 unspecified atom stereocenters. The zero-order valence-corrected chi connectivity index (χ0v) is 22.0. The summed E-state index contributed by atoms with van der Waals surface area (Å²) in [6.07, 6.45) is -12.6. The third-order valence-electron chi connectivity index (χ3n) is 5.68. The molecule has 0 saturated heterocycles. The number of para-hydroxylation sites is 1. The van der Waals surface area contributed by atoms with Gasteiger partial charge in [0, 0.05) is 17.1 Å². The highest BCUT2D eigenvalue weighted by Crippen LogP contribution is 2.26.